The zero-order chi connectivity index (χ0) is 11.4. The van der Waals surface area contributed by atoms with E-state index in [1.54, 1.807) is 0 Å². The molecule has 1 unspecified atom stereocenters. The van der Waals surface area contributed by atoms with Gasteiger partial charge >= 0.3 is 0 Å². The Kier molecular flexibility index (Phi) is 3.47. The minimum atomic E-state index is 0.0657. The third-order valence-electron chi connectivity index (χ3n) is 2.36. The van der Waals surface area contributed by atoms with Crippen LogP contribution in [0.15, 0.2) is 24.3 Å². The Hall–Kier alpha value is -1.48. The van der Waals surface area contributed by atoms with E-state index in [0.717, 1.165) is 30.1 Å². The minimum Gasteiger partial charge on any atom is -0.490 e. The SMILES string of the molecule is CC(N)/C=C/c1ccc2c(c1)OCCCO2. The van der Waals surface area contributed by atoms with E-state index in [0.29, 0.717) is 6.61 Å². The van der Waals surface area contributed by atoms with E-state index < -0.39 is 0 Å². The summed E-state index contributed by atoms with van der Waals surface area (Å²) in [6.45, 7) is 3.38. The molecule has 1 heterocycles. The molecular weight excluding hydrogens is 202 g/mol. The molecule has 0 bridgehead atoms. The van der Waals surface area contributed by atoms with Gasteiger partial charge in [0.1, 0.15) is 0 Å². The lowest BCUT2D eigenvalue weighted by atomic mass is 10.1. The van der Waals surface area contributed by atoms with Gasteiger partial charge in [-0.05, 0) is 24.6 Å². The van der Waals surface area contributed by atoms with E-state index in [2.05, 4.69) is 0 Å². The smallest absolute Gasteiger partial charge is 0.161 e. The first-order valence-corrected chi connectivity index (χ1v) is 5.59. The van der Waals surface area contributed by atoms with Crippen LogP contribution in [0.25, 0.3) is 6.08 Å². The number of nitrogens with two attached hydrogens (primary N) is 1. The average Bonchev–Trinajstić information content (AvgIpc) is 2.50. The fourth-order valence-electron chi connectivity index (χ4n) is 1.55. The number of ether oxygens (including phenoxy) is 2. The second kappa shape index (κ2) is 5.03. The Bertz CT molecular complexity index is 386. The van der Waals surface area contributed by atoms with Crippen molar-refractivity contribution in [3.8, 4) is 11.5 Å². The monoisotopic (exact) mass is 219 g/mol. The zero-order valence-electron chi connectivity index (χ0n) is 9.48. The normalized spacial score (nSPS) is 17.1. The average molecular weight is 219 g/mol. The fourth-order valence-corrected chi connectivity index (χ4v) is 1.55. The molecule has 0 radical (unpaired) electrons. The molecule has 0 spiro atoms. The number of fused-ring (bicyclic) bond motifs is 1. The second-order valence-corrected chi connectivity index (χ2v) is 3.97. The van der Waals surface area contributed by atoms with Crippen LogP contribution in [0.4, 0.5) is 0 Å². The van der Waals surface area contributed by atoms with Gasteiger partial charge in [-0.15, -0.1) is 0 Å². The van der Waals surface area contributed by atoms with E-state index in [9.17, 15) is 0 Å². The molecule has 0 saturated carbocycles. The summed E-state index contributed by atoms with van der Waals surface area (Å²) in [5, 5.41) is 0. The van der Waals surface area contributed by atoms with Gasteiger partial charge in [-0.3, -0.25) is 0 Å². The standard InChI is InChI=1S/C13H17NO2/c1-10(14)3-4-11-5-6-12-13(9-11)16-8-2-7-15-12/h3-6,9-10H,2,7-8,14H2,1H3/b4-3+. The fraction of sp³-hybridized carbons (Fsp3) is 0.385. The molecule has 86 valence electrons. The van der Waals surface area contributed by atoms with Gasteiger partial charge in [0.25, 0.3) is 0 Å². The lowest BCUT2D eigenvalue weighted by Gasteiger charge is -2.07. The summed E-state index contributed by atoms with van der Waals surface area (Å²) < 4.78 is 11.2. The predicted octanol–water partition coefficient (Wildman–Crippen LogP) is 2.21. The molecule has 1 atom stereocenters. The molecular formula is C13H17NO2. The highest BCUT2D eigenvalue weighted by atomic mass is 16.5. The molecule has 2 N–H and O–H groups in total. The summed E-state index contributed by atoms with van der Waals surface area (Å²) in [6.07, 6.45) is 4.89. The van der Waals surface area contributed by atoms with Gasteiger partial charge in [0, 0.05) is 12.5 Å². The van der Waals surface area contributed by atoms with Crippen molar-refractivity contribution in [3.63, 3.8) is 0 Å². The van der Waals surface area contributed by atoms with Crippen LogP contribution in [0.2, 0.25) is 0 Å². The Morgan fingerprint density at radius 3 is 2.75 bits per heavy atom. The molecule has 16 heavy (non-hydrogen) atoms. The van der Waals surface area contributed by atoms with Crippen molar-refractivity contribution in [2.45, 2.75) is 19.4 Å². The van der Waals surface area contributed by atoms with Crippen LogP contribution in [0.1, 0.15) is 18.9 Å². The van der Waals surface area contributed by atoms with Gasteiger partial charge in [-0.1, -0.05) is 18.2 Å². The summed E-state index contributed by atoms with van der Waals surface area (Å²) in [7, 11) is 0. The molecule has 3 heteroatoms. The minimum absolute atomic E-state index is 0.0657. The lowest BCUT2D eigenvalue weighted by Crippen LogP contribution is -2.09. The van der Waals surface area contributed by atoms with Crippen LogP contribution in [0.3, 0.4) is 0 Å². The summed E-state index contributed by atoms with van der Waals surface area (Å²) in [5.41, 5.74) is 6.75. The predicted molar refractivity (Wildman–Crippen MR) is 64.7 cm³/mol. The summed E-state index contributed by atoms with van der Waals surface area (Å²) >= 11 is 0. The quantitative estimate of drug-likeness (QED) is 0.829. The number of benzene rings is 1. The maximum absolute atomic E-state index is 5.66. The second-order valence-electron chi connectivity index (χ2n) is 3.97. The van der Waals surface area contributed by atoms with E-state index in [-0.39, 0.29) is 6.04 Å². The highest BCUT2D eigenvalue weighted by molar-refractivity contribution is 5.56. The third-order valence-corrected chi connectivity index (χ3v) is 2.36. The highest BCUT2D eigenvalue weighted by Crippen LogP contribution is 2.30. The van der Waals surface area contributed by atoms with Gasteiger partial charge in [0.05, 0.1) is 13.2 Å². The highest BCUT2D eigenvalue weighted by Gasteiger charge is 2.09. The summed E-state index contributed by atoms with van der Waals surface area (Å²) in [6, 6.07) is 6.00. The Balaban J connectivity index is 2.20. The Morgan fingerprint density at radius 1 is 1.25 bits per heavy atom. The van der Waals surface area contributed by atoms with Crippen LogP contribution >= 0.6 is 0 Å². The van der Waals surface area contributed by atoms with E-state index in [1.165, 1.54) is 0 Å². The van der Waals surface area contributed by atoms with Crippen molar-refractivity contribution in [3.05, 3.63) is 29.8 Å². The van der Waals surface area contributed by atoms with Crippen molar-refractivity contribution < 1.29 is 9.47 Å². The van der Waals surface area contributed by atoms with Crippen LogP contribution in [-0.4, -0.2) is 19.3 Å². The summed E-state index contributed by atoms with van der Waals surface area (Å²) in [5.74, 6) is 1.65. The van der Waals surface area contributed by atoms with Crippen LogP contribution in [0.5, 0.6) is 11.5 Å². The van der Waals surface area contributed by atoms with Crippen molar-refractivity contribution in [1.82, 2.24) is 0 Å². The van der Waals surface area contributed by atoms with Gasteiger partial charge < -0.3 is 15.2 Å². The molecule has 3 nitrogen and oxygen atoms in total. The summed E-state index contributed by atoms with van der Waals surface area (Å²) in [4.78, 5) is 0. The molecule has 0 aromatic heterocycles. The molecule has 0 amide bonds. The Labute approximate surface area is 95.9 Å². The van der Waals surface area contributed by atoms with Crippen molar-refractivity contribution in [2.24, 2.45) is 5.73 Å². The van der Waals surface area contributed by atoms with Crippen molar-refractivity contribution >= 4 is 6.08 Å². The van der Waals surface area contributed by atoms with Crippen LogP contribution in [-0.2, 0) is 0 Å². The van der Waals surface area contributed by atoms with Crippen molar-refractivity contribution in [2.75, 3.05) is 13.2 Å². The lowest BCUT2D eigenvalue weighted by molar-refractivity contribution is 0.297. The van der Waals surface area contributed by atoms with E-state index in [1.807, 2.05) is 37.3 Å². The first kappa shape index (κ1) is 11.0. The first-order valence-electron chi connectivity index (χ1n) is 5.59. The van der Waals surface area contributed by atoms with E-state index in [4.69, 9.17) is 15.2 Å². The molecule has 2 rings (SSSR count). The largest absolute Gasteiger partial charge is 0.490 e. The molecule has 0 saturated heterocycles. The maximum atomic E-state index is 5.66. The third kappa shape index (κ3) is 2.76. The first-order chi connectivity index (χ1) is 7.75. The van der Waals surface area contributed by atoms with Crippen molar-refractivity contribution in [1.29, 1.82) is 0 Å². The van der Waals surface area contributed by atoms with Gasteiger partial charge in [0.15, 0.2) is 11.5 Å². The Morgan fingerprint density at radius 2 is 2.00 bits per heavy atom. The zero-order valence-corrected chi connectivity index (χ0v) is 9.48. The maximum Gasteiger partial charge on any atom is 0.161 e. The molecule has 0 aliphatic carbocycles. The van der Waals surface area contributed by atoms with E-state index >= 15 is 0 Å². The van der Waals surface area contributed by atoms with Crippen LogP contribution in [0, 0.1) is 0 Å². The molecule has 0 fully saturated rings. The van der Waals surface area contributed by atoms with Gasteiger partial charge in [0.2, 0.25) is 0 Å². The topological polar surface area (TPSA) is 44.5 Å². The number of hydrogen-bond donors (Lipinski definition) is 1. The molecule has 1 aliphatic heterocycles. The number of rotatable bonds is 2. The molecule has 1 aromatic carbocycles. The number of hydrogen-bond acceptors (Lipinski definition) is 3. The molecule has 1 aliphatic rings. The molecule has 1 aromatic rings. The van der Waals surface area contributed by atoms with Gasteiger partial charge in [-0.2, -0.15) is 0 Å². The van der Waals surface area contributed by atoms with Gasteiger partial charge in [-0.25, -0.2) is 0 Å². The van der Waals surface area contributed by atoms with Crippen LogP contribution < -0.4 is 15.2 Å².